The zero-order chi connectivity index (χ0) is 10.8. The highest BCUT2D eigenvalue weighted by Gasteiger charge is 2.33. The molecule has 2 atom stereocenters. The Morgan fingerprint density at radius 1 is 1.53 bits per heavy atom. The largest absolute Gasteiger partial charge is 0.326 e. The van der Waals surface area contributed by atoms with Gasteiger partial charge < -0.3 is 5.73 Å². The van der Waals surface area contributed by atoms with Gasteiger partial charge in [0.1, 0.15) is 0 Å². The minimum atomic E-state index is 0.139. The van der Waals surface area contributed by atoms with E-state index in [-0.39, 0.29) is 6.04 Å². The van der Waals surface area contributed by atoms with Crippen molar-refractivity contribution < 1.29 is 0 Å². The van der Waals surface area contributed by atoms with E-state index in [1.165, 1.54) is 18.4 Å². The van der Waals surface area contributed by atoms with Gasteiger partial charge >= 0.3 is 0 Å². The fraction of sp³-hybridized carbons (Fsp3) is 0.583. The first-order chi connectivity index (χ1) is 7.20. The Hall–Kier alpha value is -0.930. The van der Waals surface area contributed by atoms with E-state index in [9.17, 15) is 0 Å². The number of pyridine rings is 1. The van der Waals surface area contributed by atoms with Crippen LogP contribution in [0.25, 0.3) is 0 Å². The minimum Gasteiger partial charge on any atom is -0.326 e. The molecule has 0 aliphatic heterocycles. The third-order valence-corrected chi connectivity index (χ3v) is 3.09. The van der Waals surface area contributed by atoms with E-state index >= 15 is 0 Å². The molecule has 1 aliphatic carbocycles. The van der Waals surface area contributed by atoms with Crippen molar-refractivity contribution in [1.29, 1.82) is 0 Å². The summed E-state index contributed by atoms with van der Waals surface area (Å²) in [5.74, 6) is 0. The molecule has 1 fully saturated rings. The third-order valence-electron chi connectivity index (χ3n) is 3.09. The topological polar surface area (TPSA) is 42.1 Å². The van der Waals surface area contributed by atoms with Crippen molar-refractivity contribution in [2.75, 3.05) is 7.05 Å². The average molecular weight is 205 g/mol. The summed E-state index contributed by atoms with van der Waals surface area (Å²) in [6, 6.07) is 5.25. The monoisotopic (exact) mass is 205 g/mol. The van der Waals surface area contributed by atoms with Gasteiger partial charge in [-0.25, -0.2) is 0 Å². The van der Waals surface area contributed by atoms with Gasteiger partial charge in [-0.3, -0.25) is 9.88 Å². The van der Waals surface area contributed by atoms with Crippen LogP contribution < -0.4 is 5.73 Å². The normalized spacial score (nSPS) is 20.3. The number of likely N-dealkylation sites (N-methyl/N-ethyl adjacent to an activating group) is 1. The summed E-state index contributed by atoms with van der Waals surface area (Å²) >= 11 is 0. The zero-order valence-corrected chi connectivity index (χ0v) is 9.43. The highest BCUT2D eigenvalue weighted by molar-refractivity contribution is 5.16. The number of hydrogen-bond acceptors (Lipinski definition) is 3. The van der Waals surface area contributed by atoms with Crippen molar-refractivity contribution in [3.8, 4) is 0 Å². The van der Waals surface area contributed by atoms with Gasteiger partial charge in [0, 0.05) is 24.5 Å². The molecule has 1 saturated carbocycles. The number of nitrogens with two attached hydrogens (primary N) is 1. The number of hydrogen-bond donors (Lipinski definition) is 1. The Labute approximate surface area is 91.3 Å². The van der Waals surface area contributed by atoms with Crippen LogP contribution in [0.2, 0.25) is 0 Å². The van der Waals surface area contributed by atoms with E-state index < -0.39 is 0 Å². The Bertz CT molecular complexity index is 306. The van der Waals surface area contributed by atoms with Crippen molar-refractivity contribution in [3.63, 3.8) is 0 Å². The van der Waals surface area contributed by atoms with Crippen LogP contribution in [0.15, 0.2) is 24.5 Å². The Morgan fingerprint density at radius 2 is 2.27 bits per heavy atom. The molecule has 0 spiro atoms. The lowest BCUT2D eigenvalue weighted by molar-refractivity contribution is 0.209. The summed E-state index contributed by atoms with van der Waals surface area (Å²) in [5.41, 5.74) is 7.29. The summed E-state index contributed by atoms with van der Waals surface area (Å²) < 4.78 is 0. The van der Waals surface area contributed by atoms with Crippen LogP contribution >= 0.6 is 0 Å². The predicted molar refractivity (Wildman–Crippen MR) is 61.4 cm³/mol. The highest BCUT2D eigenvalue weighted by atomic mass is 15.2. The molecule has 2 unspecified atom stereocenters. The zero-order valence-electron chi connectivity index (χ0n) is 9.43. The molecule has 1 aromatic rings. The molecule has 2 rings (SSSR count). The van der Waals surface area contributed by atoms with Crippen LogP contribution in [0.5, 0.6) is 0 Å². The second-order valence-electron chi connectivity index (χ2n) is 4.49. The third kappa shape index (κ3) is 2.36. The smallest absolute Gasteiger partial charge is 0.0511 e. The maximum Gasteiger partial charge on any atom is 0.0511 e. The number of nitrogens with zero attached hydrogens (tertiary/aromatic N) is 2. The van der Waals surface area contributed by atoms with E-state index in [1.54, 1.807) is 6.20 Å². The molecule has 3 heteroatoms. The second-order valence-corrected chi connectivity index (χ2v) is 4.49. The van der Waals surface area contributed by atoms with Crippen LogP contribution in [-0.4, -0.2) is 29.0 Å². The molecule has 0 amide bonds. The molecule has 1 heterocycles. The Morgan fingerprint density at radius 3 is 2.73 bits per heavy atom. The van der Waals surface area contributed by atoms with Gasteiger partial charge in [0.2, 0.25) is 0 Å². The fourth-order valence-corrected chi connectivity index (χ4v) is 2.17. The first-order valence-corrected chi connectivity index (χ1v) is 5.57. The van der Waals surface area contributed by atoms with Gasteiger partial charge in [-0.2, -0.15) is 0 Å². The van der Waals surface area contributed by atoms with Crippen molar-refractivity contribution in [2.45, 2.75) is 37.9 Å². The molecule has 0 radical (unpaired) electrons. The predicted octanol–water partition coefficient (Wildman–Crippen LogP) is 1.56. The van der Waals surface area contributed by atoms with Gasteiger partial charge in [-0.1, -0.05) is 6.07 Å². The van der Waals surface area contributed by atoms with Crippen LogP contribution in [-0.2, 0) is 0 Å². The lowest BCUT2D eigenvalue weighted by Gasteiger charge is -2.31. The summed E-state index contributed by atoms with van der Waals surface area (Å²) in [7, 11) is 2.17. The molecule has 0 saturated heterocycles. The Kier molecular flexibility index (Phi) is 3.03. The molecule has 3 nitrogen and oxygen atoms in total. The van der Waals surface area contributed by atoms with Gasteiger partial charge in [0.25, 0.3) is 0 Å². The van der Waals surface area contributed by atoms with E-state index in [0.717, 1.165) is 6.04 Å². The van der Waals surface area contributed by atoms with E-state index in [0.29, 0.717) is 6.04 Å². The maximum atomic E-state index is 6.07. The molecule has 0 bridgehead atoms. The molecule has 82 valence electrons. The van der Waals surface area contributed by atoms with E-state index in [4.69, 9.17) is 5.73 Å². The summed E-state index contributed by atoms with van der Waals surface area (Å²) in [4.78, 5) is 6.56. The van der Waals surface area contributed by atoms with Crippen molar-refractivity contribution in [3.05, 3.63) is 30.1 Å². The molecule has 2 N–H and O–H groups in total. The number of aromatic nitrogens is 1. The molecule has 1 aromatic heterocycles. The van der Waals surface area contributed by atoms with Crippen molar-refractivity contribution in [2.24, 2.45) is 5.73 Å². The summed E-state index contributed by atoms with van der Waals surface area (Å²) in [6.45, 7) is 2.07. The molecular formula is C12H19N3. The number of rotatable bonds is 4. The quantitative estimate of drug-likeness (QED) is 0.811. The minimum absolute atomic E-state index is 0.139. The maximum absolute atomic E-state index is 6.07. The van der Waals surface area contributed by atoms with Gasteiger partial charge in [-0.15, -0.1) is 0 Å². The summed E-state index contributed by atoms with van der Waals surface area (Å²) in [5, 5.41) is 0. The van der Waals surface area contributed by atoms with E-state index in [1.807, 2.05) is 12.3 Å². The van der Waals surface area contributed by atoms with E-state index in [2.05, 4.69) is 29.9 Å². The van der Waals surface area contributed by atoms with Gasteiger partial charge in [-0.05, 0) is 38.4 Å². The molecule has 1 aliphatic rings. The van der Waals surface area contributed by atoms with Crippen LogP contribution in [0, 0.1) is 0 Å². The van der Waals surface area contributed by atoms with Crippen LogP contribution in [0.4, 0.5) is 0 Å². The average Bonchev–Trinajstić information content (AvgIpc) is 3.02. The summed E-state index contributed by atoms with van der Waals surface area (Å²) in [6.07, 6.45) is 6.34. The standard InChI is InChI=1S/C12H19N3/c1-9(13)12(15(2)11-5-6-11)10-4-3-7-14-8-10/h3-4,7-9,11-12H,5-6,13H2,1-2H3. The first-order valence-electron chi connectivity index (χ1n) is 5.57. The Balaban J connectivity index is 2.19. The van der Waals surface area contributed by atoms with Crippen LogP contribution in [0.1, 0.15) is 31.4 Å². The second kappa shape index (κ2) is 4.29. The lowest BCUT2D eigenvalue weighted by atomic mass is 10.0. The fourth-order valence-electron chi connectivity index (χ4n) is 2.17. The first kappa shape index (κ1) is 10.6. The molecule has 0 aromatic carbocycles. The highest BCUT2D eigenvalue weighted by Crippen LogP contribution is 2.33. The SMILES string of the molecule is CC(N)C(c1cccnc1)N(C)C1CC1. The van der Waals surface area contributed by atoms with Gasteiger partial charge in [0.15, 0.2) is 0 Å². The van der Waals surface area contributed by atoms with Gasteiger partial charge in [0.05, 0.1) is 6.04 Å². The van der Waals surface area contributed by atoms with Crippen molar-refractivity contribution in [1.82, 2.24) is 9.88 Å². The molecule has 15 heavy (non-hydrogen) atoms. The van der Waals surface area contributed by atoms with Crippen LogP contribution in [0.3, 0.4) is 0 Å². The van der Waals surface area contributed by atoms with Crippen molar-refractivity contribution >= 4 is 0 Å². The lowest BCUT2D eigenvalue weighted by Crippen LogP contribution is -2.38. The molecular weight excluding hydrogens is 186 g/mol.